The summed E-state index contributed by atoms with van der Waals surface area (Å²) in [7, 11) is 6.69. The van der Waals surface area contributed by atoms with Gasteiger partial charge >= 0.3 is 5.97 Å². The van der Waals surface area contributed by atoms with E-state index in [9.17, 15) is 9.59 Å². The van der Waals surface area contributed by atoms with E-state index in [0.717, 1.165) is 22.6 Å². The first-order valence-electron chi connectivity index (χ1n) is 9.24. The fourth-order valence-corrected chi connectivity index (χ4v) is 2.76. The third-order valence-electron chi connectivity index (χ3n) is 4.46. The van der Waals surface area contributed by atoms with Crippen LogP contribution >= 0.6 is 0 Å². The number of benzene rings is 2. The van der Waals surface area contributed by atoms with Crippen molar-refractivity contribution in [2.45, 2.75) is 25.3 Å². The first kappa shape index (κ1) is 21.4. The van der Waals surface area contributed by atoms with Gasteiger partial charge in [-0.3, -0.25) is 9.59 Å². The maximum Gasteiger partial charge on any atom is 0.305 e. The molecule has 0 aliphatic rings. The molecule has 0 bridgehead atoms. The number of methoxy groups -OCH3 is 1. The number of hydrogen-bond donors (Lipinski definition) is 1. The zero-order valence-electron chi connectivity index (χ0n) is 16.9. The van der Waals surface area contributed by atoms with Crippen LogP contribution in [0.1, 0.15) is 17.5 Å². The highest BCUT2D eigenvalue weighted by Gasteiger charge is 2.18. The lowest BCUT2D eigenvalue weighted by Gasteiger charge is -2.20. The van der Waals surface area contributed by atoms with Crippen molar-refractivity contribution in [2.24, 2.45) is 0 Å². The molecule has 2 aromatic rings. The maximum absolute atomic E-state index is 12.1. The van der Waals surface area contributed by atoms with Crippen molar-refractivity contribution < 1.29 is 19.1 Å². The number of hydrogen-bond acceptors (Lipinski definition) is 5. The van der Waals surface area contributed by atoms with Crippen LogP contribution in [0.3, 0.4) is 0 Å². The lowest BCUT2D eigenvalue weighted by molar-refractivity contribution is -0.140. The quantitative estimate of drug-likeness (QED) is 0.674. The standard InChI is InChI=1S/C22H28N2O4/c1-23-20(22(26)24(2)3)15-17-7-12-19(13-8-17)28-18-10-5-16(6-11-18)9-14-21(25)27-4/h5-8,10-13,20,23H,9,14-15H2,1-4H3/t20-/m0/s1. The van der Waals surface area contributed by atoms with Crippen LogP contribution in [-0.4, -0.2) is 51.1 Å². The minimum Gasteiger partial charge on any atom is -0.469 e. The van der Waals surface area contributed by atoms with Gasteiger partial charge in [-0.2, -0.15) is 0 Å². The van der Waals surface area contributed by atoms with Crippen LogP contribution in [0.25, 0.3) is 0 Å². The molecule has 0 saturated heterocycles. The lowest BCUT2D eigenvalue weighted by Crippen LogP contribution is -2.43. The maximum atomic E-state index is 12.1. The van der Waals surface area contributed by atoms with Crippen molar-refractivity contribution in [1.29, 1.82) is 0 Å². The molecule has 0 spiro atoms. The van der Waals surface area contributed by atoms with E-state index in [4.69, 9.17) is 4.74 Å². The molecular formula is C22H28N2O4. The molecule has 1 amide bonds. The number of ether oxygens (including phenoxy) is 2. The molecule has 0 saturated carbocycles. The molecule has 1 atom stereocenters. The third-order valence-corrected chi connectivity index (χ3v) is 4.46. The number of esters is 1. The summed E-state index contributed by atoms with van der Waals surface area (Å²) >= 11 is 0. The first-order valence-corrected chi connectivity index (χ1v) is 9.24. The summed E-state index contributed by atoms with van der Waals surface area (Å²) < 4.78 is 10.5. The third kappa shape index (κ3) is 6.39. The molecule has 2 aromatic carbocycles. The largest absolute Gasteiger partial charge is 0.469 e. The Kier molecular flexibility index (Phi) is 8.02. The number of likely N-dealkylation sites (N-methyl/N-ethyl adjacent to an activating group) is 2. The molecule has 0 unspecified atom stereocenters. The molecule has 0 radical (unpaired) electrons. The SMILES string of the molecule is CN[C@@H](Cc1ccc(Oc2ccc(CCC(=O)OC)cc2)cc1)C(=O)N(C)C. The van der Waals surface area contributed by atoms with Gasteiger partial charge in [-0.1, -0.05) is 24.3 Å². The first-order chi connectivity index (χ1) is 13.4. The number of nitrogens with zero attached hydrogens (tertiary/aromatic N) is 1. The Bertz CT molecular complexity index is 770. The van der Waals surface area contributed by atoms with Crippen LogP contribution in [0, 0.1) is 0 Å². The zero-order valence-corrected chi connectivity index (χ0v) is 16.9. The van der Waals surface area contributed by atoms with Crippen LogP contribution in [-0.2, 0) is 27.2 Å². The lowest BCUT2D eigenvalue weighted by atomic mass is 10.0. The molecule has 0 aliphatic carbocycles. The molecule has 6 heteroatoms. The second-order valence-corrected chi connectivity index (χ2v) is 6.74. The predicted molar refractivity (Wildman–Crippen MR) is 109 cm³/mol. The summed E-state index contributed by atoms with van der Waals surface area (Å²) in [6.07, 6.45) is 1.62. The molecule has 2 rings (SSSR count). The van der Waals surface area contributed by atoms with Crippen LogP contribution in [0.15, 0.2) is 48.5 Å². The summed E-state index contributed by atoms with van der Waals surface area (Å²) in [6.45, 7) is 0. The van der Waals surface area contributed by atoms with E-state index in [2.05, 4.69) is 10.1 Å². The van der Waals surface area contributed by atoms with Crippen LogP contribution < -0.4 is 10.1 Å². The van der Waals surface area contributed by atoms with Crippen molar-refractivity contribution in [3.63, 3.8) is 0 Å². The number of carbonyl (C=O) groups excluding carboxylic acids is 2. The summed E-state index contributed by atoms with van der Waals surface area (Å²) in [4.78, 5) is 24.9. The van der Waals surface area contributed by atoms with Gasteiger partial charge < -0.3 is 19.7 Å². The Morgan fingerprint density at radius 2 is 1.50 bits per heavy atom. The fourth-order valence-electron chi connectivity index (χ4n) is 2.76. The van der Waals surface area contributed by atoms with Crippen molar-refractivity contribution in [3.05, 3.63) is 59.7 Å². The average molecular weight is 384 g/mol. The number of amides is 1. The zero-order chi connectivity index (χ0) is 20.5. The van der Waals surface area contributed by atoms with Crippen LogP contribution in [0.4, 0.5) is 0 Å². The van der Waals surface area contributed by atoms with Gasteiger partial charge in [-0.05, 0) is 55.3 Å². The van der Waals surface area contributed by atoms with Gasteiger partial charge in [0, 0.05) is 20.5 Å². The van der Waals surface area contributed by atoms with Gasteiger partial charge in [0.2, 0.25) is 5.91 Å². The van der Waals surface area contributed by atoms with Crippen molar-refractivity contribution in [2.75, 3.05) is 28.3 Å². The fraction of sp³-hybridized carbons (Fsp3) is 0.364. The number of rotatable bonds is 9. The molecule has 6 nitrogen and oxygen atoms in total. The topological polar surface area (TPSA) is 67.9 Å². The van der Waals surface area contributed by atoms with E-state index in [1.165, 1.54) is 7.11 Å². The van der Waals surface area contributed by atoms with Gasteiger partial charge in [0.15, 0.2) is 0 Å². The van der Waals surface area contributed by atoms with Gasteiger partial charge in [0.05, 0.1) is 13.2 Å². The van der Waals surface area contributed by atoms with E-state index >= 15 is 0 Å². The van der Waals surface area contributed by atoms with Gasteiger partial charge in [-0.15, -0.1) is 0 Å². The van der Waals surface area contributed by atoms with Crippen LogP contribution in [0.2, 0.25) is 0 Å². The Labute approximate surface area is 166 Å². The second-order valence-electron chi connectivity index (χ2n) is 6.74. The van der Waals surface area contributed by atoms with E-state index in [1.807, 2.05) is 48.5 Å². The summed E-state index contributed by atoms with van der Waals surface area (Å²) in [5.41, 5.74) is 2.11. The molecule has 1 N–H and O–H groups in total. The Morgan fingerprint density at radius 1 is 0.964 bits per heavy atom. The second kappa shape index (κ2) is 10.5. The molecule has 0 aromatic heterocycles. The highest BCUT2D eigenvalue weighted by Crippen LogP contribution is 2.23. The van der Waals surface area contributed by atoms with Gasteiger partial charge in [0.1, 0.15) is 11.5 Å². The average Bonchev–Trinajstić information content (AvgIpc) is 2.71. The van der Waals surface area contributed by atoms with Crippen molar-refractivity contribution in [1.82, 2.24) is 10.2 Å². The molecular weight excluding hydrogens is 356 g/mol. The van der Waals surface area contributed by atoms with E-state index in [1.54, 1.807) is 26.0 Å². The monoisotopic (exact) mass is 384 g/mol. The normalized spacial score (nSPS) is 11.6. The Morgan fingerprint density at radius 3 is 1.96 bits per heavy atom. The molecule has 0 aliphatic heterocycles. The summed E-state index contributed by atoms with van der Waals surface area (Å²) in [6, 6.07) is 15.1. The van der Waals surface area contributed by atoms with Gasteiger partial charge in [0.25, 0.3) is 0 Å². The van der Waals surface area contributed by atoms with Crippen molar-refractivity contribution >= 4 is 11.9 Å². The minimum absolute atomic E-state index is 0.0510. The number of nitrogens with one attached hydrogen (secondary N) is 1. The number of aryl methyl sites for hydroxylation is 1. The summed E-state index contributed by atoms with van der Waals surface area (Å²) in [5.74, 6) is 1.29. The van der Waals surface area contributed by atoms with E-state index < -0.39 is 0 Å². The Hall–Kier alpha value is -2.86. The van der Waals surface area contributed by atoms with Gasteiger partial charge in [-0.25, -0.2) is 0 Å². The minimum atomic E-state index is -0.251. The molecule has 150 valence electrons. The van der Waals surface area contributed by atoms with Crippen LogP contribution in [0.5, 0.6) is 11.5 Å². The van der Waals surface area contributed by atoms with E-state index in [-0.39, 0.29) is 17.9 Å². The molecule has 28 heavy (non-hydrogen) atoms. The highest BCUT2D eigenvalue weighted by molar-refractivity contribution is 5.81. The highest BCUT2D eigenvalue weighted by atomic mass is 16.5. The van der Waals surface area contributed by atoms with Crippen molar-refractivity contribution in [3.8, 4) is 11.5 Å². The summed E-state index contributed by atoms with van der Waals surface area (Å²) in [5, 5.41) is 3.06. The predicted octanol–water partition coefficient (Wildman–Crippen LogP) is 2.80. The molecule has 0 fully saturated rings. The van der Waals surface area contributed by atoms with E-state index in [0.29, 0.717) is 19.3 Å². The number of carbonyl (C=O) groups is 2. The molecule has 0 heterocycles. The Balaban J connectivity index is 1.93. The smallest absolute Gasteiger partial charge is 0.305 e.